The highest BCUT2D eigenvalue weighted by molar-refractivity contribution is 5.75. The third-order valence-electron chi connectivity index (χ3n) is 2.73. The number of unbranched alkanes of at least 4 members (excludes halogenated alkanes) is 1. The van der Waals surface area contributed by atoms with Crippen LogP contribution in [0.5, 0.6) is 0 Å². The van der Waals surface area contributed by atoms with Gasteiger partial charge in [0.2, 0.25) is 0 Å². The fourth-order valence-corrected chi connectivity index (χ4v) is 1.83. The lowest BCUT2D eigenvalue weighted by atomic mass is 10.1. The normalized spacial score (nSPS) is 18.4. The van der Waals surface area contributed by atoms with E-state index < -0.39 is 0 Å². The number of ketones is 1. The first-order chi connectivity index (χ1) is 6.79. The van der Waals surface area contributed by atoms with E-state index >= 15 is 0 Å². The second-order valence-electron chi connectivity index (χ2n) is 4.14. The zero-order valence-electron chi connectivity index (χ0n) is 9.14. The quantitative estimate of drug-likeness (QED) is 0.628. The molecule has 2 N–H and O–H groups in total. The first-order valence-electron chi connectivity index (χ1n) is 5.72. The fourth-order valence-electron chi connectivity index (χ4n) is 1.83. The summed E-state index contributed by atoms with van der Waals surface area (Å²) < 4.78 is 0. The van der Waals surface area contributed by atoms with Crippen LogP contribution in [0.15, 0.2) is 0 Å². The molecular formula is C11H22N2O. The molecule has 0 amide bonds. The van der Waals surface area contributed by atoms with E-state index in [1.807, 2.05) is 0 Å². The molecule has 0 unspecified atom stereocenters. The molecule has 0 spiro atoms. The number of Topliss-reactive ketones (excluding diaryl/α,β-unsaturated/α-hetero) is 1. The molecule has 1 aliphatic rings. The van der Waals surface area contributed by atoms with Crippen molar-refractivity contribution < 1.29 is 4.79 Å². The van der Waals surface area contributed by atoms with E-state index in [1.54, 1.807) is 6.92 Å². The number of carbonyl (C=O) groups excluding carboxylic acids is 1. The Morgan fingerprint density at radius 2 is 2.07 bits per heavy atom. The zero-order valence-corrected chi connectivity index (χ0v) is 9.14. The Morgan fingerprint density at radius 1 is 1.36 bits per heavy atom. The van der Waals surface area contributed by atoms with Crippen molar-refractivity contribution in [3.05, 3.63) is 0 Å². The molecule has 14 heavy (non-hydrogen) atoms. The van der Waals surface area contributed by atoms with Gasteiger partial charge in [0, 0.05) is 12.5 Å². The topological polar surface area (TPSA) is 41.1 Å². The molecule has 0 bridgehead atoms. The van der Waals surface area contributed by atoms with Gasteiger partial charge >= 0.3 is 0 Å². The van der Waals surface area contributed by atoms with Gasteiger partial charge in [0.25, 0.3) is 0 Å². The maximum Gasteiger partial charge on any atom is 0.129 e. The monoisotopic (exact) mass is 198 g/mol. The average molecular weight is 198 g/mol. The molecular weight excluding hydrogens is 176 g/mol. The molecule has 0 radical (unpaired) electrons. The Kier molecular flexibility index (Phi) is 5.80. The summed E-state index contributed by atoms with van der Waals surface area (Å²) >= 11 is 0. The van der Waals surface area contributed by atoms with Gasteiger partial charge in [-0.3, -0.25) is 0 Å². The van der Waals surface area contributed by atoms with Gasteiger partial charge in [-0.05, 0) is 52.2 Å². The SMILES string of the molecule is CC(=O)CCCCNC1CCNCC1. The van der Waals surface area contributed by atoms with E-state index in [9.17, 15) is 4.79 Å². The number of carbonyl (C=O) groups is 1. The van der Waals surface area contributed by atoms with Crippen LogP contribution in [0.3, 0.4) is 0 Å². The van der Waals surface area contributed by atoms with Crippen LogP contribution in [0.2, 0.25) is 0 Å². The Bertz CT molecular complexity index is 165. The molecule has 1 rings (SSSR count). The van der Waals surface area contributed by atoms with Gasteiger partial charge < -0.3 is 15.4 Å². The molecule has 0 aromatic rings. The summed E-state index contributed by atoms with van der Waals surface area (Å²) in [5.41, 5.74) is 0. The molecule has 1 aliphatic heterocycles. The Balaban J connectivity index is 1.90. The lowest BCUT2D eigenvalue weighted by Crippen LogP contribution is -2.40. The number of hydrogen-bond acceptors (Lipinski definition) is 3. The highest BCUT2D eigenvalue weighted by Crippen LogP contribution is 2.02. The van der Waals surface area contributed by atoms with E-state index in [4.69, 9.17) is 0 Å². The predicted octanol–water partition coefficient (Wildman–Crippen LogP) is 1.09. The first-order valence-corrected chi connectivity index (χ1v) is 5.72. The molecule has 3 nitrogen and oxygen atoms in total. The maximum atomic E-state index is 10.7. The number of nitrogens with one attached hydrogen (secondary N) is 2. The van der Waals surface area contributed by atoms with Crippen molar-refractivity contribution in [3.63, 3.8) is 0 Å². The van der Waals surface area contributed by atoms with E-state index in [2.05, 4.69) is 10.6 Å². The summed E-state index contributed by atoms with van der Waals surface area (Å²) in [6, 6.07) is 0.702. The van der Waals surface area contributed by atoms with Gasteiger partial charge in [-0.25, -0.2) is 0 Å². The highest BCUT2D eigenvalue weighted by Gasteiger charge is 2.10. The van der Waals surface area contributed by atoms with Gasteiger partial charge in [0.05, 0.1) is 0 Å². The van der Waals surface area contributed by atoms with Crippen molar-refractivity contribution in [3.8, 4) is 0 Å². The van der Waals surface area contributed by atoms with E-state index in [0.29, 0.717) is 11.8 Å². The van der Waals surface area contributed by atoms with Crippen LogP contribution in [-0.4, -0.2) is 31.5 Å². The molecule has 0 saturated carbocycles. The van der Waals surface area contributed by atoms with E-state index in [-0.39, 0.29) is 0 Å². The predicted molar refractivity (Wildman–Crippen MR) is 58.4 cm³/mol. The zero-order chi connectivity index (χ0) is 10.2. The van der Waals surface area contributed by atoms with Crippen molar-refractivity contribution >= 4 is 5.78 Å². The molecule has 3 heteroatoms. The summed E-state index contributed by atoms with van der Waals surface area (Å²) in [4.78, 5) is 10.7. The largest absolute Gasteiger partial charge is 0.317 e. The second-order valence-corrected chi connectivity index (χ2v) is 4.14. The van der Waals surface area contributed by atoms with Gasteiger partial charge in [-0.1, -0.05) is 0 Å². The number of piperidine rings is 1. The molecule has 0 atom stereocenters. The summed E-state index contributed by atoms with van der Waals surface area (Å²) in [5, 5.41) is 6.89. The minimum atomic E-state index is 0.312. The lowest BCUT2D eigenvalue weighted by molar-refractivity contribution is -0.117. The van der Waals surface area contributed by atoms with Crippen LogP contribution >= 0.6 is 0 Å². The Labute approximate surface area is 86.6 Å². The minimum absolute atomic E-state index is 0.312. The van der Waals surface area contributed by atoms with Crippen LogP contribution in [-0.2, 0) is 4.79 Å². The van der Waals surface area contributed by atoms with Crippen LogP contribution in [0.1, 0.15) is 39.0 Å². The van der Waals surface area contributed by atoms with Gasteiger partial charge in [0.1, 0.15) is 5.78 Å². The number of rotatable bonds is 6. The van der Waals surface area contributed by atoms with Crippen molar-refractivity contribution in [2.75, 3.05) is 19.6 Å². The highest BCUT2D eigenvalue weighted by atomic mass is 16.1. The van der Waals surface area contributed by atoms with Gasteiger partial charge in [-0.15, -0.1) is 0 Å². The van der Waals surface area contributed by atoms with E-state index in [0.717, 1.165) is 38.9 Å². The van der Waals surface area contributed by atoms with Crippen molar-refractivity contribution in [1.82, 2.24) is 10.6 Å². The summed E-state index contributed by atoms with van der Waals surface area (Å²) in [6.07, 6.45) is 5.39. The molecule has 0 aromatic heterocycles. The van der Waals surface area contributed by atoms with E-state index in [1.165, 1.54) is 12.8 Å². The lowest BCUT2D eigenvalue weighted by Gasteiger charge is -2.23. The maximum absolute atomic E-state index is 10.7. The third kappa shape index (κ3) is 5.35. The van der Waals surface area contributed by atoms with Crippen LogP contribution in [0.25, 0.3) is 0 Å². The second kappa shape index (κ2) is 6.96. The van der Waals surface area contributed by atoms with Crippen molar-refractivity contribution in [2.24, 2.45) is 0 Å². The van der Waals surface area contributed by atoms with Crippen LogP contribution in [0, 0.1) is 0 Å². The molecule has 1 saturated heterocycles. The minimum Gasteiger partial charge on any atom is -0.317 e. The van der Waals surface area contributed by atoms with Crippen LogP contribution < -0.4 is 10.6 Å². The summed E-state index contributed by atoms with van der Waals surface area (Å²) in [5.74, 6) is 0.312. The van der Waals surface area contributed by atoms with Gasteiger partial charge in [0.15, 0.2) is 0 Å². The standard InChI is InChI=1S/C11H22N2O/c1-10(14)4-2-3-7-13-11-5-8-12-9-6-11/h11-13H,2-9H2,1H3. The smallest absolute Gasteiger partial charge is 0.129 e. The van der Waals surface area contributed by atoms with Crippen molar-refractivity contribution in [1.29, 1.82) is 0 Å². The molecule has 0 aromatic carbocycles. The number of hydrogen-bond donors (Lipinski definition) is 2. The summed E-state index contributed by atoms with van der Waals surface area (Å²) in [6.45, 7) is 5.02. The fraction of sp³-hybridized carbons (Fsp3) is 0.909. The summed E-state index contributed by atoms with van der Waals surface area (Å²) in [7, 11) is 0. The molecule has 0 aliphatic carbocycles. The van der Waals surface area contributed by atoms with Crippen LogP contribution in [0.4, 0.5) is 0 Å². The first kappa shape index (κ1) is 11.7. The third-order valence-corrected chi connectivity index (χ3v) is 2.73. The van der Waals surface area contributed by atoms with Gasteiger partial charge in [-0.2, -0.15) is 0 Å². The average Bonchev–Trinajstić information content (AvgIpc) is 2.18. The molecule has 1 fully saturated rings. The van der Waals surface area contributed by atoms with Crippen molar-refractivity contribution in [2.45, 2.75) is 45.1 Å². The molecule has 1 heterocycles. The Morgan fingerprint density at radius 3 is 2.71 bits per heavy atom. The molecule has 82 valence electrons. The Hall–Kier alpha value is -0.410.